The maximum Gasteiger partial charge on any atom is 0.472 e. The molecular formula is C67H130O17P2. The van der Waals surface area contributed by atoms with Crippen LogP contribution in [0.1, 0.15) is 325 Å². The van der Waals surface area contributed by atoms with Gasteiger partial charge >= 0.3 is 39.5 Å². The van der Waals surface area contributed by atoms with Crippen LogP contribution in [0.4, 0.5) is 0 Å². The van der Waals surface area contributed by atoms with Crippen LogP contribution in [0.2, 0.25) is 0 Å². The van der Waals surface area contributed by atoms with Crippen LogP contribution in [0, 0.1) is 23.7 Å². The van der Waals surface area contributed by atoms with Crippen molar-refractivity contribution in [2.45, 2.75) is 343 Å². The van der Waals surface area contributed by atoms with Crippen molar-refractivity contribution < 1.29 is 80.2 Å². The van der Waals surface area contributed by atoms with E-state index in [4.69, 9.17) is 37.0 Å². The van der Waals surface area contributed by atoms with Gasteiger partial charge in [-0.1, -0.05) is 274 Å². The molecule has 510 valence electrons. The maximum atomic E-state index is 13.0. The van der Waals surface area contributed by atoms with E-state index in [1.165, 1.54) is 122 Å². The second-order valence-electron chi connectivity index (χ2n) is 26.1. The van der Waals surface area contributed by atoms with Gasteiger partial charge in [-0.3, -0.25) is 37.3 Å². The van der Waals surface area contributed by atoms with Gasteiger partial charge in [-0.05, 0) is 49.4 Å². The third-order valence-electron chi connectivity index (χ3n) is 15.3. The van der Waals surface area contributed by atoms with Gasteiger partial charge < -0.3 is 33.8 Å². The molecule has 0 aromatic carbocycles. The van der Waals surface area contributed by atoms with Gasteiger partial charge in [0.15, 0.2) is 12.2 Å². The molecule has 0 aliphatic carbocycles. The van der Waals surface area contributed by atoms with E-state index in [-0.39, 0.29) is 25.7 Å². The molecule has 5 atom stereocenters. The molecule has 0 aliphatic rings. The Morgan fingerprint density at radius 2 is 0.488 bits per heavy atom. The molecule has 17 nitrogen and oxygen atoms in total. The number of aliphatic hydroxyl groups is 1. The normalized spacial score (nSPS) is 14.4. The molecule has 0 aliphatic heterocycles. The number of phosphoric acid groups is 2. The quantitative estimate of drug-likeness (QED) is 0.0222. The third kappa shape index (κ3) is 60.9. The molecule has 2 unspecified atom stereocenters. The Balaban J connectivity index is 5.24. The number of aliphatic hydroxyl groups excluding tert-OH is 1. The fourth-order valence-electron chi connectivity index (χ4n) is 9.96. The molecule has 0 aromatic rings. The van der Waals surface area contributed by atoms with Crippen molar-refractivity contribution in [3.63, 3.8) is 0 Å². The van der Waals surface area contributed by atoms with Crippen molar-refractivity contribution in [3.8, 4) is 0 Å². The van der Waals surface area contributed by atoms with E-state index in [0.717, 1.165) is 108 Å². The summed E-state index contributed by atoms with van der Waals surface area (Å²) in [6.07, 6.45) is 37.8. The summed E-state index contributed by atoms with van der Waals surface area (Å²) >= 11 is 0. The van der Waals surface area contributed by atoms with Gasteiger partial charge in [0.05, 0.1) is 26.4 Å². The van der Waals surface area contributed by atoms with Crippen LogP contribution in [0.5, 0.6) is 0 Å². The van der Waals surface area contributed by atoms with E-state index in [9.17, 15) is 43.2 Å². The first kappa shape index (κ1) is 84.1. The van der Waals surface area contributed by atoms with Crippen LogP contribution >= 0.6 is 15.6 Å². The lowest BCUT2D eigenvalue weighted by Crippen LogP contribution is -2.30. The monoisotopic (exact) mass is 1270 g/mol. The molecule has 0 heterocycles. The molecule has 0 rings (SSSR count). The van der Waals surface area contributed by atoms with Crippen LogP contribution in [-0.2, 0) is 65.4 Å². The first-order chi connectivity index (χ1) is 41.1. The van der Waals surface area contributed by atoms with Crippen LogP contribution < -0.4 is 0 Å². The Morgan fingerprint density at radius 3 is 0.721 bits per heavy atom. The number of esters is 4. The minimum atomic E-state index is -4.95. The molecule has 0 saturated carbocycles. The van der Waals surface area contributed by atoms with E-state index in [0.29, 0.717) is 37.5 Å². The van der Waals surface area contributed by atoms with E-state index in [1.54, 1.807) is 0 Å². The lowest BCUT2D eigenvalue weighted by atomic mass is 10.0. The number of phosphoric ester groups is 2. The number of carbonyl (C=O) groups is 4. The summed E-state index contributed by atoms with van der Waals surface area (Å²) in [7, 11) is -9.89. The van der Waals surface area contributed by atoms with Crippen molar-refractivity contribution in [1.82, 2.24) is 0 Å². The minimum absolute atomic E-state index is 0.102. The summed E-state index contributed by atoms with van der Waals surface area (Å²) in [6, 6.07) is 0. The Morgan fingerprint density at radius 1 is 0.291 bits per heavy atom. The van der Waals surface area contributed by atoms with Gasteiger partial charge in [-0.25, -0.2) is 9.13 Å². The molecule has 3 N–H and O–H groups in total. The van der Waals surface area contributed by atoms with Gasteiger partial charge in [0.25, 0.3) is 0 Å². The van der Waals surface area contributed by atoms with Gasteiger partial charge in [-0.15, -0.1) is 0 Å². The maximum absolute atomic E-state index is 13.0. The number of rotatable bonds is 64. The summed E-state index contributed by atoms with van der Waals surface area (Å²) in [5, 5.41) is 10.6. The molecular weight excluding hydrogens is 1140 g/mol. The van der Waals surface area contributed by atoms with Crippen molar-refractivity contribution in [1.29, 1.82) is 0 Å². The van der Waals surface area contributed by atoms with Crippen molar-refractivity contribution in [2.75, 3.05) is 39.6 Å². The van der Waals surface area contributed by atoms with Crippen LogP contribution in [0.3, 0.4) is 0 Å². The SMILES string of the molecule is CC(C)CCCCCCCCCCCCCC(=O)OC[C@H](COP(=O)(O)OC[C@@H](O)COP(=O)(O)OC[C@@H](COC(=O)CCCCCCCCC(C)C)OC(=O)CCCCCCCCCC(C)C)OC(=O)CCCCCCCCCCCCC(C)C. The lowest BCUT2D eigenvalue weighted by molar-refractivity contribution is -0.161. The average molecular weight is 1270 g/mol. The molecule has 0 fully saturated rings. The summed E-state index contributed by atoms with van der Waals surface area (Å²) in [5.74, 6) is 0.761. The summed E-state index contributed by atoms with van der Waals surface area (Å²) in [5.41, 5.74) is 0. The predicted octanol–water partition coefficient (Wildman–Crippen LogP) is 18.5. The zero-order valence-electron chi connectivity index (χ0n) is 55.9. The Labute approximate surface area is 524 Å². The second-order valence-corrected chi connectivity index (χ2v) is 29.0. The highest BCUT2D eigenvalue weighted by atomic mass is 31.2. The third-order valence-corrected chi connectivity index (χ3v) is 17.2. The van der Waals surface area contributed by atoms with Gasteiger partial charge in [-0.2, -0.15) is 0 Å². The first-order valence-corrected chi connectivity index (χ1v) is 37.7. The summed E-state index contributed by atoms with van der Waals surface area (Å²) in [4.78, 5) is 72.3. The number of carbonyl (C=O) groups excluding carboxylic acids is 4. The Kier molecular flexibility index (Phi) is 55.7. The van der Waals surface area contributed by atoms with E-state index in [1.807, 2.05) is 0 Å². The van der Waals surface area contributed by atoms with E-state index in [2.05, 4.69) is 55.4 Å². The number of hydrogen-bond donors (Lipinski definition) is 3. The molecule has 86 heavy (non-hydrogen) atoms. The Hall–Kier alpha value is -1.94. The molecule has 19 heteroatoms. The van der Waals surface area contributed by atoms with Crippen molar-refractivity contribution in [2.24, 2.45) is 23.7 Å². The zero-order chi connectivity index (χ0) is 63.9. The van der Waals surface area contributed by atoms with Crippen molar-refractivity contribution in [3.05, 3.63) is 0 Å². The van der Waals surface area contributed by atoms with Crippen molar-refractivity contribution >= 4 is 39.5 Å². The van der Waals surface area contributed by atoms with E-state index < -0.39 is 97.5 Å². The second kappa shape index (κ2) is 57.0. The fourth-order valence-corrected chi connectivity index (χ4v) is 11.5. The van der Waals surface area contributed by atoms with Gasteiger partial charge in [0.1, 0.15) is 19.3 Å². The molecule has 0 radical (unpaired) electrons. The highest BCUT2D eigenvalue weighted by Crippen LogP contribution is 2.45. The smallest absolute Gasteiger partial charge is 0.462 e. The molecule has 0 amide bonds. The average Bonchev–Trinajstić information content (AvgIpc) is 3.65. The molecule has 0 spiro atoms. The molecule has 0 bridgehead atoms. The highest BCUT2D eigenvalue weighted by molar-refractivity contribution is 7.47. The largest absolute Gasteiger partial charge is 0.472 e. The summed E-state index contributed by atoms with van der Waals surface area (Å²) in [6.45, 7) is 14.0. The van der Waals surface area contributed by atoms with Crippen LogP contribution in [0.25, 0.3) is 0 Å². The number of unbranched alkanes of at least 4 members (excludes halogenated alkanes) is 30. The standard InChI is InChI=1S/C67H130O17P2/c1-57(2)43-35-27-19-14-10-9-11-16-22-31-39-47-64(69)77-53-62(83-66(71)49-41-33-23-17-13-12-15-20-28-36-44-58(3)4)55-81-85(73,74)79-51-61(68)52-80-86(75,76)82-56-63(54-78-65(70)48-40-32-26-25-30-38-46-60(7)8)84-67(72)50-42-34-24-18-21-29-37-45-59(5)6/h57-63,68H,9-56H2,1-8H3,(H,73,74)(H,75,76)/t61-,62-,63-/m1/s1. The topological polar surface area (TPSA) is 237 Å². The Bertz CT molecular complexity index is 1710. The predicted molar refractivity (Wildman–Crippen MR) is 344 cm³/mol. The number of ether oxygens (including phenoxy) is 4. The number of hydrogen-bond acceptors (Lipinski definition) is 15. The molecule has 0 aromatic heterocycles. The zero-order valence-corrected chi connectivity index (χ0v) is 57.7. The van der Waals surface area contributed by atoms with Crippen LogP contribution in [-0.4, -0.2) is 96.7 Å². The van der Waals surface area contributed by atoms with Gasteiger partial charge in [0, 0.05) is 25.7 Å². The minimum Gasteiger partial charge on any atom is -0.462 e. The first-order valence-electron chi connectivity index (χ1n) is 34.7. The lowest BCUT2D eigenvalue weighted by Gasteiger charge is -2.21. The molecule has 0 saturated heterocycles. The van der Waals surface area contributed by atoms with Crippen LogP contribution in [0.15, 0.2) is 0 Å². The van der Waals surface area contributed by atoms with E-state index >= 15 is 0 Å². The fraction of sp³-hybridized carbons (Fsp3) is 0.940. The van der Waals surface area contributed by atoms with Gasteiger partial charge in [0.2, 0.25) is 0 Å². The summed E-state index contributed by atoms with van der Waals surface area (Å²) < 4.78 is 68.1. The highest BCUT2D eigenvalue weighted by Gasteiger charge is 2.30.